The standard InChI is InChI=1S/C21H25FN2O7/c1-3-5-6-7-12-23-17(25)13-16(19(23)27)21(22,20(28)31-4-2)18(26)14-8-10-15(11-9-14)24(29)30/h8-11,16H,3-7,12-13H2,1-2H3/t16-,21-/m0/s1. The summed E-state index contributed by atoms with van der Waals surface area (Å²) in [6, 6.07) is 3.97. The van der Waals surface area contributed by atoms with Crippen molar-refractivity contribution in [1.82, 2.24) is 4.90 Å². The Labute approximate surface area is 178 Å². The highest BCUT2D eigenvalue weighted by Gasteiger charge is 2.61. The van der Waals surface area contributed by atoms with E-state index < -0.39 is 46.5 Å². The molecule has 31 heavy (non-hydrogen) atoms. The minimum absolute atomic E-state index is 0.0821. The zero-order chi connectivity index (χ0) is 23.2. The van der Waals surface area contributed by atoms with E-state index in [4.69, 9.17) is 4.74 Å². The second-order valence-electron chi connectivity index (χ2n) is 7.27. The largest absolute Gasteiger partial charge is 0.463 e. The Bertz CT molecular complexity index is 871. The first-order chi connectivity index (χ1) is 14.7. The lowest BCUT2D eigenvalue weighted by molar-refractivity contribution is -0.384. The van der Waals surface area contributed by atoms with Crippen LogP contribution < -0.4 is 0 Å². The zero-order valence-electron chi connectivity index (χ0n) is 17.5. The predicted octanol–water partition coefficient (Wildman–Crippen LogP) is 3.00. The third-order valence-corrected chi connectivity index (χ3v) is 5.20. The van der Waals surface area contributed by atoms with Crippen molar-refractivity contribution >= 4 is 29.3 Å². The first kappa shape index (κ1) is 24.1. The fourth-order valence-electron chi connectivity index (χ4n) is 3.50. The quantitative estimate of drug-likeness (QED) is 0.0993. The number of carbonyl (C=O) groups excluding carboxylic acids is 4. The number of amides is 2. The molecular formula is C21H25FN2O7. The van der Waals surface area contributed by atoms with Gasteiger partial charge in [-0.25, -0.2) is 9.18 Å². The Hall–Kier alpha value is -3.17. The molecule has 168 valence electrons. The first-order valence-electron chi connectivity index (χ1n) is 10.2. The molecule has 0 aliphatic carbocycles. The Kier molecular flexibility index (Phi) is 7.95. The zero-order valence-corrected chi connectivity index (χ0v) is 17.5. The van der Waals surface area contributed by atoms with Crippen LogP contribution >= 0.6 is 0 Å². The van der Waals surface area contributed by atoms with Gasteiger partial charge in [0.1, 0.15) is 5.92 Å². The van der Waals surface area contributed by atoms with Crippen LogP contribution in [-0.2, 0) is 19.1 Å². The van der Waals surface area contributed by atoms with Crippen molar-refractivity contribution in [3.8, 4) is 0 Å². The van der Waals surface area contributed by atoms with Crippen LogP contribution in [0.5, 0.6) is 0 Å². The normalized spacial score (nSPS) is 18.0. The molecule has 10 heteroatoms. The number of benzene rings is 1. The summed E-state index contributed by atoms with van der Waals surface area (Å²) >= 11 is 0. The molecular weight excluding hydrogens is 411 g/mol. The lowest BCUT2D eigenvalue weighted by atomic mass is 9.81. The lowest BCUT2D eigenvalue weighted by Crippen LogP contribution is -2.52. The van der Waals surface area contributed by atoms with Crippen molar-refractivity contribution in [2.45, 2.75) is 51.6 Å². The molecule has 9 nitrogen and oxygen atoms in total. The molecule has 0 radical (unpaired) electrons. The molecule has 1 aromatic carbocycles. The number of nitrogens with zero attached hydrogens (tertiary/aromatic N) is 2. The van der Waals surface area contributed by atoms with Gasteiger partial charge in [-0.15, -0.1) is 0 Å². The number of rotatable bonds is 11. The van der Waals surface area contributed by atoms with Crippen LogP contribution in [0, 0.1) is 16.0 Å². The van der Waals surface area contributed by atoms with Crippen molar-refractivity contribution in [2.24, 2.45) is 5.92 Å². The molecule has 0 N–H and O–H groups in total. The van der Waals surface area contributed by atoms with E-state index in [9.17, 15) is 29.3 Å². The van der Waals surface area contributed by atoms with Gasteiger partial charge in [-0.2, -0.15) is 0 Å². The van der Waals surface area contributed by atoms with Crippen molar-refractivity contribution in [2.75, 3.05) is 13.2 Å². The SMILES string of the molecule is CCCCCCN1C(=O)C[C@H]([C@@](F)(C(=O)OCC)C(=O)c2ccc([N+](=O)[O-])cc2)C1=O. The minimum atomic E-state index is -3.42. The third-order valence-electron chi connectivity index (χ3n) is 5.20. The van der Waals surface area contributed by atoms with Crippen LogP contribution in [0.2, 0.25) is 0 Å². The van der Waals surface area contributed by atoms with E-state index in [0.717, 1.165) is 48.4 Å². The van der Waals surface area contributed by atoms with Gasteiger partial charge in [0, 0.05) is 30.7 Å². The van der Waals surface area contributed by atoms with E-state index in [2.05, 4.69) is 0 Å². The Balaban J connectivity index is 2.35. The van der Waals surface area contributed by atoms with Gasteiger partial charge < -0.3 is 4.74 Å². The number of halogens is 1. The van der Waals surface area contributed by atoms with Gasteiger partial charge >= 0.3 is 5.97 Å². The van der Waals surface area contributed by atoms with Crippen molar-refractivity contribution in [3.05, 3.63) is 39.9 Å². The molecule has 1 aliphatic heterocycles. The lowest BCUT2D eigenvalue weighted by Gasteiger charge is -2.26. The van der Waals surface area contributed by atoms with Crippen molar-refractivity contribution in [3.63, 3.8) is 0 Å². The molecule has 1 heterocycles. The molecule has 0 aromatic heterocycles. The van der Waals surface area contributed by atoms with E-state index in [1.807, 2.05) is 6.92 Å². The average molecular weight is 436 g/mol. The fraction of sp³-hybridized carbons (Fsp3) is 0.524. The first-order valence-corrected chi connectivity index (χ1v) is 10.2. The summed E-state index contributed by atoms with van der Waals surface area (Å²) in [5.74, 6) is -6.38. The molecule has 0 spiro atoms. The van der Waals surface area contributed by atoms with E-state index >= 15 is 4.39 Å². The number of esters is 1. The molecule has 1 fully saturated rings. The van der Waals surface area contributed by atoms with Gasteiger partial charge in [0.2, 0.25) is 17.6 Å². The van der Waals surface area contributed by atoms with Crippen molar-refractivity contribution in [1.29, 1.82) is 0 Å². The summed E-state index contributed by atoms with van der Waals surface area (Å²) in [6.07, 6.45) is 2.53. The Morgan fingerprint density at radius 2 is 1.84 bits per heavy atom. The summed E-state index contributed by atoms with van der Waals surface area (Å²) in [6.45, 7) is 3.26. The summed E-state index contributed by atoms with van der Waals surface area (Å²) in [5.41, 5.74) is -4.10. The number of hydrogen-bond donors (Lipinski definition) is 0. The van der Waals surface area contributed by atoms with Gasteiger partial charge in [-0.1, -0.05) is 26.2 Å². The van der Waals surface area contributed by atoms with E-state index in [1.165, 1.54) is 6.92 Å². The topological polar surface area (TPSA) is 124 Å². The van der Waals surface area contributed by atoms with Crippen LogP contribution in [0.4, 0.5) is 10.1 Å². The van der Waals surface area contributed by atoms with Gasteiger partial charge in [-0.05, 0) is 25.5 Å². The number of imide groups is 1. The number of non-ortho nitro benzene ring substituents is 1. The number of unbranched alkanes of at least 4 members (excludes halogenated alkanes) is 3. The van der Waals surface area contributed by atoms with Crippen LogP contribution in [0.1, 0.15) is 56.3 Å². The number of Topliss-reactive ketones (excluding diaryl/α,β-unsaturated/α-hetero) is 1. The van der Waals surface area contributed by atoms with Gasteiger partial charge in [0.25, 0.3) is 11.4 Å². The molecule has 2 atom stereocenters. The number of nitro groups is 1. The number of likely N-dealkylation sites (tertiary alicyclic amines) is 1. The van der Waals surface area contributed by atoms with Gasteiger partial charge in [0.05, 0.1) is 11.5 Å². The maximum atomic E-state index is 16.1. The van der Waals surface area contributed by atoms with E-state index in [1.54, 1.807) is 0 Å². The molecule has 2 amide bonds. The maximum absolute atomic E-state index is 16.1. The Morgan fingerprint density at radius 1 is 1.19 bits per heavy atom. The van der Waals surface area contributed by atoms with Crippen molar-refractivity contribution < 1.29 is 33.2 Å². The fourth-order valence-corrected chi connectivity index (χ4v) is 3.50. The summed E-state index contributed by atoms with van der Waals surface area (Å²) in [4.78, 5) is 61.7. The van der Waals surface area contributed by atoms with Crippen LogP contribution in [0.3, 0.4) is 0 Å². The number of nitro benzene ring substituents is 1. The molecule has 0 saturated carbocycles. The minimum Gasteiger partial charge on any atom is -0.463 e. The number of ether oxygens (including phenoxy) is 1. The molecule has 2 rings (SSSR count). The predicted molar refractivity (Wildman–Crippen MR) is 107 cm³/mol. The van der Waals surface area contributed by atoms with Gasteiger partial charge in [-0.3, -0.25) is 29.4 Å². The monoisotopic (exact) mass is 436 g/mol. The summed E-state index contributed by atoms with van der Waals surface area (Å²) in [5, 5.41) is 10.8. The smallest absolute Gasteiger partial charge is 0.353 e. The second kappa shape index (κ2) is 10.2. The summed E-state index contributed by atoms with van der Waals surface area (Å²) in [7, 11) is 0. The molecule has 1 saturated heterocycles. The average Bonchev–Trinajstić information content (AvgIpc) is 3.04. The van der Waals surface area contributed by atoms with E-state index in [-0.39, 0.29) is 24.4 Å². The number of carbonyl (C=O) groups is 4. The third kappa shape index (κ3) is 4.95. The molecule has 0 bridgehead atoms. The molecule has 1 aliphatic rings. The summed E-state index contributed by atoms with van der Waals surface area (Å²) < 4.78 is 20.8. The molecule has 1 aromatic rings. The number of ketones is 1. The van der Waals surface area contributed by atoms with E-state index in [0.29, 0.717) is 6.42 Å². The van der Waals surface area contributed by atoms with Crippen LogP contribution in [0.25, 0.3) is 0 Å². The second-order valence-corrected chi connectivity index (χ2v) is 7.27. The van der Waals surface area contributed by atoms with Gasteiger partial charge in [0.15, 0.2) is 0 Å². The van der Waals surface area contributed by atoms with Crippen LogP contribution in [-0.4, -0.2) is 52.2 Å². The highest BCUT2D eigenvalue weighted by molar-refractivity contribution is 6.20. The number of alkyl halides is 1. The molecule has 0 unspecified atom stereocenters. The maximum Gasteiger partial charge on any atom is 0.353 e. The number of hydrogen-bond acceptors (Lipinski definition) is 7. The highest BCUT2D eigenvalue weighted by Crippen LogP contribution is 2.37. The Morgan fingerprint density at radius 3 is 2.39 bits per heavy atom. The highest BCUT2D eigenvalue weighted by atomic mass is 19.1. The van der Waals surface area contributed by atoms with Crippen LogP contribution in [0.15, 0.2) is 24.3 Å².